The number of benzene rings is 1. The maximum Gasteiger partial charge on any atom is 0.338 e. The molecule has 41 heavy (non-hydrogen) atoms. The van der Waals surface area contributed by atoms with Crippen LogP contribution < -0.4 is 11.5 Å². The van der Waals surface area contributed by atoms with E-state index in [1.807, 2.05) is 0 Å². The predicted molar refractivity (Wildman–Crippen MR) is 171 cm³/mol. The largest absolute Gasteiger partial charge is 0.459 e. The molecule has 226 valence electrons. The number of nitrogen functional groups attached to an aromatic ring is 2. The molecule has 4 aliphatic rings. The summed E-state index contributed by atoms with van der Waals surface area (Å²) in [7, 11) is 0. The van der Waals surface area contributed by atoms with Gasteiger partial charge in [-0.15, -0.1) is 0 Å². The number of esters is 1. The molecule has 4 N–H and O–H groups in total. The van der Waals surface area contributed by atoms with Gasteiger partial charge in [-0.3, -0.25) is 0 Å². The lowest BCUT2D eigenvalue weighted by atomic mass is 9.44. The van der Waals surface area contributed by atoms with Gasteiger partial charge in [0.15, 0.2) is 0 Å². The number of allylic oxidation sites excluding steroid dienone is 4. The smallest absolute Gasteiger partial charge is 0.338 e. The maximum absolute atomic E-state index is 13.2. The molecule has 0 amide bonds. The fraction of sp³-hybridized carbons (Fsp3) is 0.703. The van der Waals surface area contributed by atoms with E-state index >= 15 is 0 Å². The van der Waals surface area contributed by atoms with Crippen LogP contribution in [0.4, 0.5) is 11.4 Å². The predicted octanol–water partition coefficient (Wildman–Crippen LogP) is 9.36. The SMILES string of the molecule is CC(C)=CCCCC(C)C1CCC2C3CC=C4C(C)(C)CC(OC(=O)c5cc(N)cc(N)c5)CC4(C)C3CCC12C. The monoisotopic (exact) mass is 560 g/mol. The fourth-order valence-electron chi connectivity index (χ4n) is 10.7. The van der Waals surface area contributed by atoms with E-state index in [9.17, 15) is 4.79 Å². The van der Waals surface area contributed by atoms with Crippen molar-refractivity contribution in [1.82, 2.24) is 0 Å². The average molecular weight is 561 g/mol. The van der Waals surface area contributed by atoms with Crippen LogP contribution >= 0.6 is 0 Å². The molecule has 0 aliphatic heterocycles. The first-order valence-electron chi connectivity index (χ1n) is 16.5. The lowest BCUT2D eigenvalue weighted by Gasteiger charge is -2.61. The van der Waals surface area contributed by atoms with Crippen LogP contribution in [0.15, 0.2) is 41.5 Å². The van der Waals surface area contributed by atoms with Gasteiger partial charge in [0, 0.05) is 11.4 Å². The minimum absolute atomic E-state index is 0.0103. The number of hydrogen-bond acceptors (Lipinski definition) is 4. The van der Waals surface area contributed by atoms with Gasteiger partial charge in [0.25, 0.3) is 0 Å². The van der Waals surface area contributed by atoms with Crippen LogP contribution in [0.2, 0.25) is 0 Å². The second-order valence-electron chi connectivity index (χ2n) is 15.8. The van der Waals surface area contributed by atoms with Crippen molar-refractivity contribution >= 4 is 17.3 Å². The van der Waals surface area contributed by atoms with Crippen LogP contribution in [0, 0.1) is 45.8 Å². The second-order valence-corrected chi connectivity index (χ2v) is 15.8. The number of fused-ring (bicyclic) bond motifs is 5. The Balaban J connectivity index is 1.33. The molecule has 8 unspecified atom stereocenters. The van der Waals surface area contributed by atoms with Gasteiger partial charge >= 0.3 is 5.97 Å². The quantitative estimate of drug-likeness (QED) is 0.151. The Morgan fingerprint density at radius 2 is 1.73 bits per heavy atom. The van der Waals surface area contributed by atoms with E-state index in [0.717, 1.165) is 36.5 Å². The van der Waals surface area contributed by atoms with Crippen molar-refractivity contribution in [2.24, 2.45) is 45.8 Å². The molecule has 5 rings (SSSR count). The van der Waals surface area contributed by atoms with Crippen molar-refractivity contribution in [2.75, 3.05) is 11.5 Å². The minimum Gasteiger partial charge on any atom is -0.459 e. The number of anilines is 2. The second kappa shape index (κ2) is 11.1. The third kappa shape index (κ3) is 5.62. The zero-order valence-electron chi connectivity index (χ0n) is 26.9. The number of unbranched alkanes of at least 4 members (excludes halogenated alkanes) is 1. The standard InChI is InChI=1S/C37H56N2O2/c1-23(2)10-8-9-11-24(3)30-13-14-31-29-12-15-33-35(4,5)21-28(22-37(33,7)32(29)16-17-36(30,31)6)41-34(40)25-18-26(38)20-27(39)19-25/h10,15,18-20,24,28-32H,8-9,11-14,16-17,21-22,38-39H2,1-7H3. The van der Waals surface area contributed by atoms with Crippen LogP contribution in [0.3, 0.4) is 0 Å². The summed E-state index contributed by atoms with van der Waals surface area (Å²) in [6, 6.07) is 5.03. The van der Waals surface area contributed by atoms with Gasteiger partial charge in [0.05, 0.1) is 5.56 Å². The molecule has 1 aromatic rings. The molecular weight excluding hydrogens is 504 g/mol. The highest BCUT2D eigenvalue weighted by Gasteiger charge is 2.61. The normalized spacial score (nSPS) is 36.3. The topological polar surface area (TPSA) is 78.3 Å². The van der Waals surface area contributed by atoms with E-state index in [2.05, 4.69) is 60.6 Å². The van der Waals surface area contributed by atoms with Crippen LogP contribution in [-0.2, 0) is 4.74 Å². The molecule has 0 bridgehead atoms. The summed E-state index contributed by atoms with van der Waals surface area (Å²) in [5.74, 6) is 3.56. The van der Waals surface area contributed by atoms with Crippen LogP contribution in [0.1, 0.15) is 123 Å². The van der Waals surface area contributed by atoms with E-state index in [0.29, 0.717) is 28.3 Å². The Kier molecular flexibility index (Phi) is 8.20. The molecular formula is C37H56N2O2. The highest BCUT2D eigenvalue weighted by molar-refractivity contribution is 5.91. The molecule has 0 heterocycles. The van der Waals surface area contributed by atoms with Crippen molar-refractivity contribution in [2.45, 2.75) is 119 Å². The van der Waals surface area contributed by atoms with Crippen molar-refractivity contribution in [3.8, 4) is 0 Å². The lowest BCUT2D eigenvalue weighted by Crippen LogP contribution is -2.54. The minimum atomic E-state index is -0.304. The lowest BCUT2D eigenvalue weighted by molar-refractivity contribution is -0.0815. The van der Waals surface area contributed by atoms with E-state index in [1.54, 1.807) is 23.8 Å². The first kappa shape index (κ1) is 30.2. The zero-order chi connectivity index (χ0) is 29.7. The zero-order valence-corrected chi connectivity index (χ0v) is 26.9. The van der Waals surface area contributed by atoms with Gasteiger partial charge in [0.2, 0.25) is 0 Å². The van der Waals surface area contributed by atoms with Crippen LogP contribution in [0.25, 0.3) is 0 Å². The van der Waals surface area contributed by atoms with Gasteiger partial charge < -0.3 is 16.2 Å². The summed E-state index contributed by atoms with van der Waals surface area (Å²) in [6.07, 6.45) is 17.3. The molecule has 3 saturated carbocycles. The van der Waals surface area contributed by atoms with Crippen LogP contribution in [-0.4, -0.2) is 12.1 Å². The summed E-state index contributed by atoms with van der Waals surface area (Å²) in [6.45, 7) is 16.9. The highest BCUT2D eigenvalue weighted by Crippen LogP contribution is 2.69. The van der Waals surface area contributed by atoms with E-state index < -0.39 is 0 Å². The molecule has 0 radical (unpaired) electrons. The third-order valence-corrected chi connectivity index (χ3v) is 12.2. The first-order chi connectivity index (χ1) is 19.2. The van der Waals surface area contributed by atoms with Crippen molar-refractivity contribution in [3.63, 3.8) is 0 Å². The average Bonchev–Trinajstić information content (AvgIpc) is 3.22. The molecule has 4 nitrogen and oxygen atoms in total. The number of carbonyl (C=O) groups is 1. The Morgan fingerprint density at radius 1 is 1.02 bits per heavy atom. The van der Waals surface area contributed by atoms with E-state index in [-0.39, 0.29) is 22.9 Å². The summed E-state index contributed by atoms with van der Waals surface area (Å²) in [5, 5.41) is 0. The van der Waals surface area contributed by atoms with Crippen molar-refractivity contribution in [1.29, 1.82) is 0 Å². The van der Waals surface area contributed by atoms with E-state index in [4.69, 9.17) is 16.2 Å². The Hall–Kier alpha value is -2.23. The molecule has 0 aromatic heterocycles. The highest BCUT2D eigenvalue weighted by atomic mass is 16.5. The van der Waals surface area contributed by atoms with Gasteiger partial charge in [0.1, 0.15) is 6.10 Å². The Morgan fingerprint density at radius 3 is 2.41 bits per heavy atom. The first-order valence-corrected chi connectivity index (χ1v) is 16.5. The number of nitrogens with two attached hydrogens (primary N) is 2. The summed E-state index contributed by atoms with van der Waals surface area (Å²) in [5.41, 5.74) is 17.0. The molecule has 4 aliphatic carbocycles. The molecule has 0 spiro atoms. The maximum atomic E-state index is 13.2. The fourth-order valence-corrected chi connectivity index (χ4v) is 10.7. The summed E-state index contributed by atoms with van der Waals surface area (Å²) < 4.78 is 6.25. The number of ether oxygens (including phenoxy) is 1. The third-order valence-electron chi connectivity index (χ3n) is 12.2. The molecule has 0 saturated heterocycles. The van der Waals surface area contributed by atoms with Gasteiger partial charge in [-0.25, -0.2) is 4.79 Å². The number of hydrogen-bond donors (Lipinski definition) is 2. The Labute approximate surface area is 249 Å². The Bertz CT molecular complexity index is 1190. The van der Waals surface area contributed by atoms with Crippen LogP contribution in [0.5, 0.6) is 0 Å². The molecule has 4 heteroatoms. The molecule has 3 fully saturated rings. The van der Waals surface area contributed by atoms with E-state index in [1.165, 1.54) is 56.9 Å². The number of carbonyl (C=O) groups excluding carboxylic acids is 1. The summed E-state index contributed by atoms with van der Waals surface area (Å²) >= 11 is 0. The van der Waals surface area contributed by atoms with Crippen molar-refractivity contribution in [3.05, 3.63) is 47.1 Å². The summed E-state index contributed by atoms with van der Waals surface area (Å²) in [4.78, 5) is 13.2. The van der Waals surface area contributed by atoms with Gasteiger partial charge in [-0.05, 0) is 136 Å². The number of rotatable bonds is 7. The van der Waals surface area contributed by atoms with Gasteiger partial charge in [-0.1, -0.05) is 64.3 Å². The molecule has 1 aromatic carbocycles. The van der Waals surface area contributed by atoms with Crippen molar-refractivity contribution < 1.29 is 9.53 Å². The van der Waals surface area contributed by atoms with Gasteiger partial charge in [-0.2, -0.15) is 0 Å². The molecule has 8 atom stereocenters.